The fraction of sp³-hybridized carbons (Fsp3) is 0.800. The van der Waals surface area contributed by atoms with Gasteiger partial charge in [0, 0.05) is 0 Å². The van der Waals surface area contributed by atoms with E-state index in [4.69, 9.17) is 9.90 Å². The number of carboxylic acids is 1. The van der Waals surface area contributed by atoms with E-state index in [-0.39, 0.29) is 0 Å². The van der Waals surface area contributed by atoms with Crippen LogP contribution in [0.2, 0.25) is 0 Å². The summed E-state index contributed by atoms with van der Waals surface area (Å²) in [6, 6.07) is 0. The molecule has 3 nitrogen and oxygen atoms in total. The number of halogens is 3. The van der Waals surface area contributed by atoms with E-state index in [0.29, 0.717) is 0 Å². The van der Waals surface area contributed by atoms with Gasteiger partial charge in [0.2, 0.25) is 0 Å². The predicted molar refractivity (Wildman–Crippen MR) is 29.8 cm³/mol. The molecule has 0 saturated heterocycles. The molecule has 6 heteroatoms. The van der Waals surface area contributed by atoms with Crippen LogP contribution in [0.25, 0.3) is 0 Å². The Morgan fingerprint density at radius 1 is 1.27 bits per heavy atom. The van der Waals surface area contributed by atoms with Crippen molar-refractivity contribution in [3.05, 3.63) is 0 Å². The highest BCUT2D eigenvalue weighted by Gasteiger charge is 2.28. The van der Waals surface area contributed by atoms with Crippen molar-refractivity contribution >= 4 is 5.97 Å². The average Bonchev–Trinajstić information content (AvgIpc) is 1.59. The maximum absolute atomic E-state index is 10.5. The van der Waals surface area contributed by atoms with Crippen LogP contribution < -0.4 is 10.0 Å². The van der Waals surface area contributed by atoms with E-state index >= 15 is 0 Å². The second kappa shape index (κ2) is 4.95. The third-order valence-corrected chi connectivity index (χ3v) is 0.231. The van der Waals surface area contributed by atoms with Gasteiger partial charge in [-0.15, -0.1) is 0 Å². The van der Waals surface area contributed by atoms with E-state index in [1.165, 1.54) is 4.90 Å². The van der Waals surface area contributed by atoms with E-state index in [1.54, 1.807) is 0 Å². The van der Waals surface area contributed by atoms with Crippen LogP contribution in [0.15, 0.2) is 0 Å². The molecule has 0 aromatic carbocycles. The van der Waals surface area contributed by atoms with Gasteiger partial charge >= 0.3 is 6.18 Å². The minimum Gasteiger partial charge on any atom is -0.542 e. The fourth-order valence-electron chi connectivity index (χ4n) is 0. The smallest absolute Gasteiger partial charge is 0.430 e. The summed E-state index contributed by atoms with van der Waals surface area (Å²) in [5, 5.41) is 8.78. The molecule has 0 rings (SSSR count). The second-order valence-corrected chi connectivity index (χ2v) is 2.29. The molecule has 0 aliphatic rings. The number of rotatable bonds is 0. The monoisotopic (exact) mass is 173 g/mol. The third-order valence-electron chi connectivity index (χ3n) is 0.231. The molecule has 0 bridgehead atoms. The lowest BCUT2D eigenvalue weighted by Gasteiger charge is -2.03. The maximum Gasteiger partial charge on any atom is 0.430 e. The first-order valence-electron chi connectivity index (χ1n) is 2.73. The average molecular weight is 173 g/mol. The molecular weight excluding hydrogens is 163 g/mol. The largest absolute Gasteiger partial charge is 0.542 e. The van der Waals surface area contributed by atoms with Crippen molar-refractivity contribution in [2.45, 2.75) is 6.18 Å². The highest BCUT2D eigenvalue weighted by atomic mass is 19.4. The lowest BCUT2D eigenvalue weighted by Crippen LogP contribution is -3.02. The maximum atomic E-state index is 10.5. The molecular formula is C5H10F3NO2. The van der Waals surface area contributed by atoms with Crippen molar-refractivity contribution < 1.29 is 28.0 Å². The minimum absolute atomic E-state index is 1.42. The molecule has 0 aromatic heterocycles. The molecule has 68 valence electrons. The zero-order valence-electron chi connectivity index (χ0n) is 6.45. The molecule has 0 aliphatic carbocycles. The van der Waals surface area contributed by atoms with Gasteiger partial charge in [0.15, 0.2) is 0 Å². The Hall–Kier alpha value is -0.780. The topological polar surface area (TPSA) is 44.6 Å². The van der Waals surface area contributed by atoms with Crippen LogP contribution >= 0.6 is 0 Å². The SMILES string of the molecule is C[NH+](C)C.O=C([O-])C(F)(F)F. The highest BCUT2D eigenvalue weighted by Crippen LogP contribution is 2.11. The van der Waals surface area contributed by atoms with E-state index < -0.39 is 12.1 Å². The van der Waals surface area contributed by atoms with Gasteiger partial charge in [-0.2, -0.15) is 13.2 Å². The second-order valence-electron chi connectivity index (χ2n) is 2.29. The van der Waals surface area contributed by atoms with E-state index in [9.17, 15) is 13.2 Å². The first kappa shape index (κ1) is 12.9. The van der Waals surface area contributed by atoms with Gasteiger partial charge in [-0.1, -0.05) is 0 Å². The van der Waals surface area contributed by atoms with Crippen molar-refractivity contribution in [1.82, 2.24) is 0 Å². The summed E-state index contributed by atoms with van der Waals surface area (Å²) < 4.78 is 31.5. The van der Waals surface area contributed by atoms with Crippen molar-refractivity contribution in [2.75, 3.05) is 21.1 Å². The number of nitrogens with one attached hydrogen (secondary N) is 1. The number of carbonyl (C=O) groups is 1. The normalized spacial score (nSPS) is 10.5. The highest BCUT2D eigenvalue weighted by molar-refractivity contribution is 5.70. The van der Waals surface area contributed by atoms with Crippen LogP contribution in [0.1, 0.15) is 0 Å². The standard InChI is InChI=1S/C3H9N.C2HF3O2/c1-4(2)3;3-2(4,5)1(6)7/h1-3H3;(H,6,7). The van der Waals surface area contributed by atoms with E-state index in [2.05, 4.69) is 21.1 Å². The Morgan fingerprint density at radius 3 is 1.36 bits per heavy atom. The van der Waals surface area contributed by atoms with Crippen LogP contribution in [-0.4, -0.2) is 33.3 Å². The van der Waals surface area contributed by atoms with E-state index in [0.717, 1.165) is 0 Å². The van der Waals surface area contributed by atoms with Crippen LogP contribution in [0, 0.1) is 0 Å². The Bertz CT molecular complexity index is 119. The Balaban J connectivity index is 0. The lowest BCUT2D eigenvalue weighted by molar-refractivity contribution is -0.836. The summed E-state index contributed by atoms with van der Waals surface area (Å²) in [7, 11) is 6.25. The molecule has 0 unspecified atom stereocenters. The van der Waals surface area contributed by atoms with Crippen molar-refractivity contribution in [3.63, 3.8) is 0 Å². The van der Waals surface area contributed by atoms with Crippen LogP contribution in [0.3, 0.4) is 0 Å². The van der Waals surface area contributed by atoms with Crippen LogP contribution in [-0.2, 0) is 4.79 Å². The van der Waals surface area contributed by atoms with Gasteiger partial charge in [0.25, 0.3) is 0 Å². The van der Waals surface area contributed by atoms with Gasteiger partial charge < -0.3 is 14.8 Å². The molecule has 0 spiro atoms. The molecule has 0 fully saturated rings. The molecule has 11 heavy (non-hydrogen) atoms. The summed E-state index contributed by atoms with van der Waals surface area (Å²) in [6.45, 7) is 0. The predicted octanol–water partition coefficient (Wildman–Crippen LogP) is -1.94. The van der Waals surface area contributed by atoms with Crippen LogP contribution in [0.4, 0.5) is 13.2 Å². The van der Waals surface area contributed by atoms with E-state index in [1.807, 2.05) is 0 Å². The summed E-state index contributed by atoms with van der Waals surface area (Å²) in [5.41, 5.74) is 0. The first-order chi connectivity index (χ1) is 4.68. The third kappa shape index (κ3) is 17.6. The number of hydrogen-bond donors (Lipinski definition) is 1. The zero-order valence-corrected chi connectivity index (χ0v) is 6.45. The zero-order chi connectivity index (χ0) is 9.65. The summed E-state index contributed by atoms with van der Waals surface area (Å²) in [5.74, 6) is -3.01. The molecule has 0 atom stereocenters. The van der Waals surface area contributed by atoms with Crippen molar-refractivity contribution in [3.8, 4) is 0 Å². The first-order valence-corrected chi connectivity index (χ1v) is 2.73. The quantitative estimate of drug-likeness (QED) is 0.463. The molecule has 1 N–H and O–H groups in total. The van der Waals surface area contributed by atoms with Gasteiger partial charge in [-0.05, 0) is 0 Å². The number of carbonyl (C=O) groups excluding carboxylic acids is 1. The molecule has 0 radical (unpaired) electrons. The number of alkyl halides is 3. The molecule has 0 aromatic rings. The number of carboxylic acid groups (broad SMARTS) is 1. The number of aliphatic carboxylic acids is 1. The van der Waals surface area contributed by atoms with Gasteiger partial charge in [-0.25, -0.2) is 0 Å². The summed E-state index contributed by atoms with van der Waals surface area (Å²) in [4.78, 5) is 10.2. The molecule has 0 amide bonds. The number of hydrogen-bond acceptors (Lipinski definition) is 2. The lowest BCUT2D eigenvalue weighted by atomic mass is 10.7. The van der Waals surface area contributed by atoms with Crippen molar-refractivity contribution in [1.29, 1.82) is 0 Å². The summed E-state index contributed by atoms with van der Waals surface area (Å²) >= 11 is 0. The summed E-state index contributed by atoms with van der Waals surface area (Å²) in [6.07, 6.45) is -5.19. The Kier molecular flexibility index (Phi) is 5.78. The van der Waals surface area contributed by atoms with Gasteiger partial charge in [-0.3, -0.25) is 0 Å². The Morgan fingerprint density at radius 2 is 1.36 bits per heavy atom. The van der Waals surface area contributed by atoms with Gasteiger partial charge in [0.05, 0.1) is 21.1 Å². The van der Waals surface area contributed by atoms with Crippen molar-refractivity contribution in [2.24, 2.45) is 0 Å². The number of quaternary nitrogens is 1. The van der Waals surface area contributed by atoms with Crippen LogP contribution in [0.5, 0.6) is 0 Å². The Labute approximate surface area is 62.4 Å². The minimum atomic E-state index is -5.19. The molecule has 0 aliphatic heterocycles. The molecule has 0 saturated carbocycles. The van der Waals surface area contributed by atoms with Gasteiger partial charge in [0.1, 0.15) is 5.97 Å². The fourth-order valence-corrected chi connectivity index (χ4v) is 0. The molecule has 0 heterocycles.